The van der Waals surface area contributed by atoms with E-state index in [0.717, 1.165) is 31.7 Å². The van der Waals surface area contributed by atoms with Crippen LogP contribution in [-0.2, 0) is 0 Å². The molecule has 1 heterocycles. The van der Waals surface area contributed by atoms with Gasteiger partial charge in [-0.3, -0.25) is 4.79 Å². The van der Waals surface area contributed by atoms with Gasteiger partial charge in [-0.15, -0.1) is 5.10 Å². The van der Waals surface area contributed by atoms with Crippen LogP contribution in [0.5, 0.6) is 0 Å². The van der Waals surface area contributed by atoms with Gasteiger partial charge in [0, 0.05) is 31.7 Å². The number of benzene rings is 1. The van der Waals surface area contributed by atoms with Crippen molar-refractivity contribution in [1.29, 1.82) is 0 Å². The van der Waals surface area contributed by atoms with Crippen LogP contribution in [0.25, 0.3) is 0 Å². The average Bonchev–Trinajstić information content (AvgIpc) is 2.48. The lowest BCUT2D eigenvalue weighted by atomic mass is 10.1. The zero-order valence-corrected chi connectivity index (χ0v) is 12.1. The highest BCUT2D eigenvalue weighted by Crippen LogP contribution is 2.09. The molecule has 0 radical (unpaired) electrons. The highest BCUT2D eigenvalue weighted by molar-refractivity contribution is 5.95. The van der Waals surface area contributed by atoms with E-state index in [4.69, 9.17) is 11.5 Å². The number of carbonyl (C=O) groups excluding carboxylic acids is 1. The third-order valence-corrected chi connectivity index (χ3v) is 3.33. The van der Waals surface area contributed by atoms with Crippen molar-refractivity contribution in [3.8, 4) is 0 Å². The van der Waals surface area contributed by atoms with Crippen LogP contribution >= 0.6 is 0 Å². The first-order valence-electron chi connectivity index (χ1n) is 6.76. The molecule has 0 spiro atoms. The molecular weight excluding hydrogens is 268 g/mol. The maximum absolute atomic E-state index is 12.3. The summed E-state index contributed by atoms with van der Waals surface area (Å²) < 4.78 is 0. The Kier molecular flexibility index (Phi) is 4.89. The molecule has 7 heteroatoms. The molecule has 0 bridgehead atoms. The van der Waals surface area contributed by atoms with E-state index in [-0.39, 0.29) is 11.9 Å². The maximum atomic E-state index is 12.3. The fourth-order valence-electron chi connectivity index (χ4n) is 2.07. The summed E-state index contributed by atoms with van der Waals surface area (Å²) in [6.07, 6.45) is 1.53. The van der Waals surface area contributed by atoms with Crippen molar-refractivity contribution < 1.29 is 4.79 Å². The van der Waals surface area contributed by atoms with Gasteiger partial charge in [0.15, 0.2) is 0 Å². The van der Waals surface area contributed by atoms with Crippen LogP contribution < -0.4 is 11.5 Å². The van der Waals surface area contributed by atoms with Crippen molar-refractivity contribution in [2.24, 2.45) is 21.7 Å². The summed E-state index contributed by atoms with van der Waals surface area (Å²) in [6.45, 7) is 3.36. The zero-order valence-electron chi connectivity index (χ0n) is 12.1. The topological polar surface area (TPSA) is 100 Å². The minimum absolute atomic E-state index is 0.0656. The van der Waals surface area contributed by atoms with Gasteiger partial charge in [-0.05, 0) is 24.7 Å². The Labute approximate surface area is 123 Å². The first-order valence-corrected chi connectivity index (χ1v) is 6.76. The molecule has 0 unspecified atom stereocenters. The van der Waals surface area contributed by atoms with Gasteiger partial charge in [0.1, 0.15) is 0 Å². The molecule has 1 aromatic rings. The Morgan fingerprint density at radius 1 is 1.14 bits per heavy atom. The number of rotatable bonds is 3. The number of likely N-dealkylation sites (N-methyl/N-ethyl adjacent to an activating group) is 1. The summed E-state index contributed by atoms with van der Waals surface area (Å²) >= 11 is 0. The molecule has 1 saturated heterocycles. The van der Waals surface area contributed by atoms with Crippen LogP contribution in [0.4, 0.5) is 0 Å². The van der Waals surface area contributed by atoms with E-state index in [1.807, 2.05) is 17.0 Å². The number of amides is 1. The van der Waals surface area contributed by atoms with Gasteiger partial charge in [0.2, 0.25) is 5.96 Å². The molecule has 1 fully saturated rings. The molecule has 1 aromatic carbocycles. The second kappa shape index (κ2) is 6.85. The summed E-state index contributed by atoms with van der Waals surface area (Å²) in [5.41, 5.74) is 11.9. The SMILES string of the molecule is CN1CCN(C(=O)c2ccc(C=NN=C(N)N)cc2)CC1. The number of nitrogens with zero attached hydrogens (tertiary/aromatic N) is 4. The van der Waals surface area contributed by atoms with E-state index < -0.39 is 0 Å². The molecule has 112 valence electrons. The minimum Gasteiger partial charge on any atom is -0.369 e. The standard InChI is InChI=1S/C14H20N6O/c1-19-6-8-20(9-7-19)13(21)12-4-2-11(3-5-12)10-17-18-14(15)16/h2-5,10H,6-9H2,1H3,(H4,15,16,18). The molecule has 21 heavy (non-hydrogen) atoms. The Balaban J connectivity index is 2.00. The van der Waals surface area contributed by atoms with Crippen LogP contribution in [-0.4, -0.2) is 61.1 Å². The van der Waals surface area contributed by atoms with Crippen LogP contribution in [0.3, 0.4) is 0 Å². The van der Waals surface area contributed by atoms with E-state index in [2.05, 4.69) is 22.2 Å². The van der Waals surface area contributed by atoms with Crippen LogP contribution in [0, 0.1) is 0 Å². The number of guanidine groups is 1. The predicted molar refractivity (Wildman–Crippen MR) is 83.2 cm³/mol. The summed E-state index contributed by atoms with van der Waals surface area (Å²) in [7, 11) is 2.06. The normalized spacial score (nSPS) is 16.1. The Morgan fingerprint density at radius 2 is 1.76 bits per heavy atom. The van der Waals surface area contributed by atoms with E-state index in [9.17, 15) is 4.79 Å². The lowest BCUT2D eigenvalue weighted by Crippen LogP contribution is -2.47. The lowest BCUT2D eigenvalue weighted by molar-refractivity contribution is 0.0664. The molecule has 2 rings (SSSR count). The Hall–Kier alpha value is -2.41. The summed E-state index contributed by atoms with van der Waals surface area (Å²) in [5, 5.41) is 7.25. The quantitative estimate of drug-likeness (QED) is 0.452. The van der Waals surface area contributed by atoms with Crippen molar-refractivity contribution in [2.75, 3.05) is 33.2 Å². The highest BCUT2D eigenvalue weighted by Gasteiger charge is 2.19. The van der Waals surface area contributed by atoms with Crippen molar-refractivity contribution in [3.05, 3.63) is 35.4 Å². The molecule has 1 aliphatic heterocycles. The predicted octanol–water partition coefficient (Wildman–Crippen LogP) is -0.318. The molecule has 1 amide bonds. The fourth-order valence-corrected chi connectivity index (χ4v) is 2.07. The van der Waals surface area contributed by atoms with Crippen LogP contribution in [0.1, 0.15) is 15.9 Å². The third-order valence-electron chi connectivity index (χ3n) is 3.33. The third kappa shape index (κ3) is 4.28. The fraction of sp³-hybridized carbons (Fsp3) is 0.357. The summed E-state index contributed by atoms with van der Waals surface area (Å²) in [5.74, 6) is -0.0241. The second-order valence-corrected chi connectivity index (χ2v) is 4.99. The van der Waals surface area contributed by atoms with Crippen molar-refractivity contribution in [2.45, 2.75) is 0 Å². The van der Waals surface area contributed by atoms with E-state index in [0.29, 0.717) is 5.56 Å². The molecule has 1 aliphatic rings. The molecule has 0 atom stereocenters. The smallest absolute Gasteiger partial charge is 0.253 e. The molecule has 4 N–H and O–H groups in total. The van der Waals surface area contributed by atoms with Gasteiger partial charge >= 0.3 is 0 Å². The van der Waals surface area contributed by atoms with Gasteiger partial charge in [0.25, 0.3) is 5.91 Å². The minimum atomic E-state index is -0.0897. The van der Waals surface area contributed by atoms with Gasteiger partial charge in [-0.2, -0.15) is 5.10 Å². The zero-order chi connectivity index (χ0) is 15.2. The van der Waals surface area contributed by atoms with Gasteiger partial charge in [0.05, 0.1) is 6.21 Å². The van der Waals surface area contributed by atoms with Gasteiger partial charge < -0.3 is 21.3 Å². The van der Waals surface area contributed by atoms with Crippen LogP contribution in [0.2, 0.25) is 0 Å². The number of hydrogen-bond donors (Lipinski definition) is 2. The Bertz CT molecular complexity index is 539. The number of piperazine rings is 1. The first-order chi connectivity index (χ1) is 10.1. The number of carbonyl (C=O) groups is 1. The van der Waals surface area contributed by atoms with Crippen LogP contribution in [0.15, 0.2) is 34.5 Å². The van der Waals surface area contributed by atoms with Gasteiger partial charge in [-0.25, -0.2) is 0 Å². The van der Waals surface area contributed by atoms with Gasteiger partial charge in [-0.1, -0.05) is 12.1 Å². The van der Waals surface area contributed by atoms with E-state index >= 15 is 0 Å². The lowest BCUT2D eigenvalue weighted by Gasteiger charge is -2.32. The monoisotopic (exact) mass is 288 g/mol. The molecule has 0 aliphatic carbocycles. The molecule has 0 aromatic heterocycles. The molecular formula is C14H20N6O. The van der Waals surface area contributed by atoms with Crippen molar-refractivity contribution in [1.82, 2.24) is 9.80 Å². The molecule has 7 nitrogen and oxygen atoms in total. The number of nitrogens with two attached hydrogens (primary N) is 2. The summed E-state index contributed by atoms with van der Waals surface area (Å²) in [4.78, 5) is 16.4. The largest absolute Gasteiger partial charge is 0.369 e. The highest BCUT2D eigenvalue weighted by atomic mass is 16.2. The second-order valence-electron chi connectivity index (χ2n) is 4.99. The number of hydrogen-bond acceptors (Lipinski definition) is 4. The van der Waals surface area contributed by atoms with Crippen molar-refractivity contribution >= 4 is 18.1 Å². The average molecular weight is 288 g/mol. The molecule has 0 saturated carbocycles. The maximum Gasteiger partial charge on any atom is 0.253 e. The Morgan fingerprint density at radius 3 is 2.33 bits per heavy atom. The summed E-state index contributed by atoms with van der Waals surface area (Å²) in [6, 6.07) is 7.21. The van der Waals surface area contributed by atoms with E-state index in [1.165, 1.54) is 6.21 Å². The van der Waals surface area contributed by atoms with Crippen molar-refractivity contribution in [3.63, 3.8) is 0 Å². The van der Waals surface area contributed by atoms with E-state index in [1.54, 1.807) is 12.1 Å². The first kappa shape index (κ1) is 15.0.